The van der Waals surface area contributed by atoms with Crippen LogP contribution in [0.25, 0.3) is 0 Å². The maximum atomic E-state index is 12.1. The minimum absolute atomic E-state index is 0.0728. The molecule has 0 radical (unpaired) electrons. The van der Waals surface area contributed by atoms with Gasteiger partial charge in [-0.1, -0.05) is 0 Å². The fourth-order valence-corrected chi connectivity index (χ4v) is 1.86. The lowest BCUT2D eigenvalue weighted by Crippen LogP contribution is -2.33. The largest absolute Gasteiger partial charge is 0.380 e. The van der Waals surface area contributed by atoms with E-state index < -0.39 is 0 Å². The zero-order valence-corrected chi connectivity index (χ0v) is 12.4. The van der Waals surface area contributed by atoms with Crippen LogP contribution in [-0.4, -0.2) is 37.1 Å². The molecule has 0 aliphatic rings. The van der Waals surface area contributed by atoms with Crippen LogP contribution in [0.3, 0.4) is 0 Å². The Hall–Kier alpha value is -0.620. The van der Waals surface area contributed by atoms with E-state index in [1.54, 1.807) is 4.90 Å². The quantitative estimate of drug-likeness (QED) is 0.585. The normalized spacial score (nSPS) is 10.3. The Morgan fingerprint density at radius 2 is 1.94 bits per heavy atom. The first-order chi connectivity index (χ1) is 8.19. The van der Waals surface area contributed by atoms with Gasteiger partial charge in [-0.2, -0.15) is 0 Å². The predicted octanol–water partition coefficient (Wildman–Crippen LogP) is 2.79. The molecule has 0 atom stereocenters. The third kappa shape index (κ3) is 4.63. The van der Waals surface area contributed by atoms with Gasteiger partial charge in [-0.15, -0.1) is 0 Å². The van der Waals surface area contributed by atoms with Crippen LogP contribution in [0.1, 0.15) is 24.2 Å². The zero-order valence-electron chi connectivity index (χ0n) is 10.3. The predicted molar refractivity (Wildman–Crippen MR) is 77.2 cm³/mol. The lowest BCUT2D eigenvalue weighted by atomic mass is 10.2. The molecule has 0 N–H and O–H groups in total. The summed E-state index contributed by atoms with van der Waals surface area (Å²) in [6.07, 6.45) is 0. The molecule has 0 fully saturated rings. The van der Waals surface area contributed by atoms with Crippen molar-refractivity contribution in [1.82, 2.24) is 4.90 Å². The fourth-order valence-electron chi connectivity index (χ4n) is 1.50. The van der Waals surface area contributed by atoms with Gasteiger partial charge in [-0.3, -0.25) is 4.79 Å². The summed E-state index contributed by atoms with van der Waals surface area (Å²) in [6, 6.07) is 7.63. The number of hydrogen-bond acceptors (Lipinski definition) is 2. The molecule has 0 spiro atoms. The number of benzene rings is 1. The number of carbonyl (C=O) groups excluding carboxylic acids is 1. The molecule has 1 aromatic carbocycles. The lowest BCUT2D eigenvalue weighted by Gasteiger charge is -2.20. The second kappa shape index (κ2) is 7.66. The third-order valence-corrected chi connectivity index (χ3v) is 3.19. The van der Waals surface area contributed by atoms with E-state index in [-0.39, 0.29) is 5.91 Å². The van der Waals surface area contributed by atoms with Crippen molar-refractivity contribution in [3.05, 3.63) is 33.4 Å². The molecule has 1 aromatic rings. The minimum Gasteiger partial charge on any atom is -0.380 e. The SMILES string of the molecule is CCOCCN(CC)C(=O)c1ccc(I)cc1. The minimum atomic E-state index is 0.0728. The number of nitrogens with zero attached hydrogens (tertiary/aromatic N) is 1. The van der Waals surface area contributed by atoms with E-state index in [4.69, 9.17) is 4.74 Å². The molecule has 0 heterocycles. The van der Waals surface area contributed by atoms with Crippen molar-refractivity contribution in [3.8, 4) is 0 Å². The highest BCUT2D eigenvalue weighted by Crippen LogP contribution is 2.09. The van der Waals surface area contributed by atoms with Crippen molar-refractivity contribution in [2.45, 2.75) is 13.8 Å². The van der Waals surface area contributed by atoms with E-state index in [0.717, 1.165) is 9.13 Å². The highest BCUT2D eigenvalue weighted by Gasteiger charge is 2.13. The third-order valence-electron chi connectivity index (χ3n) is 2.47. The van der Waals surface area contributed by atoms with Gasteiger partial charge in [0, 0.05) is 28.8 Å². The molecule has 0 aliphatic carbocycles. The van der Waals surface area contributed by atoms with E-state index in [2.05, 4.69) is 22.6 Å². The molecule has 0 bridgehead atoms. The van der Waals surface area contributed by atoms with Gasteiger partial charge < -0.3 is 9.64 Å². The monoisotopic (exact) mass is 347 g/mol. The van der Waals surface area contributed by atoms with E-state index in [9.17, 15) is 4.79 Å². The highest BCUT2D eigenvalue weighted by atomic mass is 127. The smallest absolute Gasteiger partial charge is 0.253 e. The molecule has 17 heavy (non-hydrogen) atoms. The molecular formula is C13H18INO2. The first-order valence-electron chi connectivity index (χ1n) is 5.81. The van der Waals surface area contributed by atoms with Crippen LogP contribution < -0.4 is 0 Å². The second-order valence-electron chi connectivity index (χ2n) is 3.59. The first kappa shape index (κ1) is 14.4. The number of amides is 1. The summed E-state index contributed by atoms with van der Waals surface area (Å²) in [5.41, 5.74) is 0.740. The van der Waals surface area contributed by atoms with Crippen LogP contribution in [0.2, 0.25) is 0 Å². The van der Waals surface area contributed by atoms with Crippen LogP contribution in [0.4, 0.5) is 0 Å². The molecule has 1 rings (SSSR count). The molecule has 0 aliphatic heterocycles. The number of hydrogen-bond donors (Lipinski definition) is 0. The summed E-state index contributed by atoms with van der Waals surface area (Å²) in [4.78, 5) is 14.0. The number of ether oxygens (including phenoxy) is 1. The number of rotatable bonds is 6. The van der Waals surface area contributed by atoms with Crippen molar-refractivity contribution in [2.75, 3.05) is 26.3 Å². The van der Waals surface area contributed by atoms with Crippen LogP contribution >= 0.6 is 22.6 Å². The summed E-state index contributed by atoms with van der Waals surface area (Å²) >= 11 is 2.23. The molecule has 4 heteroatoms. The van der Waals surface area contributed by atoms with Crippen molar-refractivity contribution in [1.29, 1.82) is 0 Å². The molecule has 1 amide bonds. The summed E-state index contributed by atoms with van der Waals surface area (Å²) in [5, 5.41) is 0. The Balaban J connectivity index is 2.62. The number of likely N-dealkylation sites (N-methyl/N-ethyl adjacent to an activating group) is 1. The van der Waals surface area contributed by atoms with Crippen LogP contribution in [0.5, 0.6) is 0 Å². The summed E-state index contributed by atoms with van der Waals surface area (Å²) in [6.45, 7) is 6.58. The molecular weight excluding hydrogens is 329 g/mol. The van der Waals surface area contributed by atoms with Crippen LogP contribution in [0.15, 0.2) is 24.3 Å². The van der Waals surface area contributed by atoms with Crippen LogP contribution in [0, 0.1) is 3.57 Å². The van der Waals surface area contributed by atoms with E-state index in [0.29, 0.717) is 26.3 Å². The lowest BCUT2D eigenvalue weighted by molar-refractivity contribution is 0.0669. The van der Waals surface area contributed by atoms with Gasteiger partial charge in [0.05, 0.1) is 6.61 Å². The van der Waals surface area contributed by atoms with Gasteiger partial charge in [0.2, 0.25) is 0 Å². The molecule has 0 unspecified atom stereocenters. The summed E-state index contributed by atoms with van der Waals surface area (Å²) in [7, 11) is 0. The molecule has 3 nitrogen and oxygen atoms in total. The Morgan fingerprint density at radius 1 is 1.29 bits per heavy atom. The van der Waals surface area contributed by atoms with Gasteiger partial charge in [-0.25, -0.2) is 0 Å². The van der Waals surface area contributed by atoms with Gasteiger partial charge in [-0.05, 0) is 60.7 Å². The maximum Gasteiger partial charge on any atom is 0.253 e. The zero-order chi connectivity index (χ0) is 12.7. The van der Waals surface area contributed by atoms with E-state index >= 15 is 0 Å². The van der Waals surface area contributed by atoms with Crippen molar-refractivity contribution < 1.29 is 9.53 Å². The number of halogens is 1. The van der Waals surface area contributed by atoms with Crippen molar-refractivity contribution in [2.24, 2.45) is 0 Å². The van der Waals surface area contributed by atoms with Gasteiger partial charge in [0.25, 0.3) is 5.91 Å². The van der Waals surface area contributed by atoms with E-state index in [1.807, 2.05) is 38.1 Å². The molecule has 0 saturated carbocycles. The molecule has 0 aromatic heterocycles. The first-order valence-corrected chi connectivity index (χ1v) is 6.89. The highest BCUT2D eigenvalue weighted by molar-refractivity contribution is 14.1. The standard InChI is InChI=1S/C13H18INO2/c1-3-15(9-10-17-4-2)13(16)11-5-7-12(14)8-6-11/h5-8H,3-4,9-10H2,1-2H3. The van der Waals surface area contributed by atoms with Crippen LogP contribution in [-0.2, 0) is 4.74 Å². The maximum absolute atomic E-state index is 12.1. The Bertz CT molecular complexity index is 351. The molecule has 0 saturated heterocycles. The van der Waals surface area contributed by atoms with Crippen molar-refractivity contribution in [3.63, 3.8) is 0 Å². The molecule has 94 valence electrons. The number of carbonyl (C=O) groups is 1. The van der Waals surface area contributed by atoms with Gasteiger partial charge in [0.1, 0.15) is 0 Å². The summed E-state index contributed by atoms with van der Waals surface area (Å²) in [5.74, 6) is 0.0728. The second-order valence-corrected chi connectivity index (χ2v) is 4.83. The van der Waals surface area contributed by atoms with E-state index in [1.165, 1.54) is 0 Å². The average Bonchev–Trinajstić information content (AvgIpc) is 2.35. The van der Waals surface area contributed by atoms with Gasteiger partial charge >= 0.3 is 0 Å². The Labute approximate surface area is 116 Å². The van der Waals surface area contributed by atoms with Crippen molar-refractivity contribution >= 4 is 28.5 Å². The topological polar surface area (TPSA) is 29.5 Å². The summed E-state index contributed by atoms with van der Waals surface area (Å²) < 4.78 is 6.41. The fraction of sp³-hybridized carbons (Fsp3) is 0.462. The average molecular weight is 347 g/mol. The van der Waals surface area contributed by atoms with Gasteiger partial charge in [0.15, 0.2) is 0 Å². The Morgan fingerprint density at radius 3 is 2.47 bits per heavy atom. The Kier molecular flexibility index (Phi) is 6.50.